The highest BCUT2D eigenvalue weighted by Crippen LogP contribution is 2.14. The summed E-state index contributed by atoms with van der Waals surface area (Å²) in [6, 6.07) is 2.89. The number of anilines is 1. The van der Waals surface area contributed by atoms with E-state index in [9.17, 15) is 8.78 Å². The van der Waals surface area contributed by atoms with Crippen molar-refractivity contribution in [2.24, 2.45) is 5.92 Å². The topological polar surface area (TPSA) is 58.3 Å². The summed E-state index contributed by atoms with van der Waals surface area (Å²) >= 11 is 0. The molecule has 4 N–H and O–H groups in total. The summed E-state index contributed by atoms with van der Waals surface area (Å²) in [5.74, 6) is -0.503. The first-order chi connectivity index (χ1) is 8.61. The van der Waals surface area contributed by atoms with Crippen molar-refractivity contribution in [2.75, 3.05) is 25.4 Å². The van der Waals surface area contributed by atoms with Crippen molar-refractivity contribution in [3.05, 3.63) is 29.8 Å². The second-order valence-corrected chi connectivity index (χ2v) is 4.41. The minimum atomic E-state index is -0.646. The normalized spacial score (nSPS) is 15.9. The predicted octanol–water partition coefficient (Wildman–Crippen LogP) is 1.92. The number of halogens is 2. The SMILES string of the molecule is Nc1cc(F)cc(F)c1.OCCC1CCNCC1. The summed E-state index contributed by atoms with van der Waals surface area (Å²) in [5, 5.41) is 11.9. The van der Waals surface area contributed by atoms with Crippen molar-refractivity contribution in [1.82, 2.24) is 5.32 Å². The molecule has 102 valence electrons. The van der Waals surface area contributed by atoms with E-state index in [0.717, 1.165) is 43.6 Å². The van der Waals surface area contributed by atoms with E-state index in [-0.39, 0.29) is 5.69 Å². The average Bonchev–Trinajstić information content (AvgIpc) is 2.29. The molecule has 0 atom stereocenters. The van der Waals surface area contributed by atoms with Crippen molar-refractivity contribution >= 4 is 5.69 Å². The van der Waals surface area contributed by atoms with E-state index < -0.39 is 11.6 Å². The first-order valence-electron chi connectivity index (χ1n) is 6.15. The average molecular weight is 258 g/mol. The van der Waals surface area contributed by atoms with Crippen LogP contribution in [0.5, 0.6) is 0 Å². The van der Waals surface area contributed by atoms with E-state index in [1.165, 1.54) is 12.8 Å². The molecule has 1 aliphatic heterocycles. The highest BCUT2D eigenvalue weighted by Gasteiger charge is 2.10. The van der Waals surface area contributed by atoms with Gasteiger partial charge in [0.2, 0.25) is 0 Å². The van der Waals surface area contributed by atoms with Gasteiger partial charge in [0.15, 0.2) is 0 Å². The standard InChI is InChI=1S/C7H15NO.C6H5F2N/c9-6-3-7-1-4-8-5-2-7;7-4-1-5(8)3-6(9)2-4/h7-9H,1-6H2;1-3H,9H2. The number of piperidine rings is 1. The van der Waals surface area contributed by atoms with Crippen LogP contribution in [-0.4, -0.2) is 24.8 Å². The van der Waals surface area contributed by atoms with Crippen LogP contribution in [-0.2, 0) is 0 Å². The number of nitrogens with two attached hydrogens (primary N) is 1. The molecular formula is C13H20F2N2O. The maximum atomic E-state index is 12.1. The number of aliphatic hydroxyl groups excluding tert-OH is 1. The van der Waals surface area contributed by atoms with Crippen LogP contribution in [0.4, 0.5) is 14.5 Å². The van der Waals surface area contributed by atoms with Gasteiger partial charge in [-0.25, -0.2) is 8.78 Å². The third-order valence-corrected chi connectivity index (χ3v) is 2.88. The predicted molar refractivity (Wildman–Crippen MR) is 68.1 cm³/mol. The summed E-state index contributed by atoms with van der Waals surface area (Å²) in [6.07, 6.45) is 3.50. The van der Waals surface area contributed by atoms with Gasteiger partial charge in [0.25, 0.3) is 0 Å². The Labute approximate surface area is 106 Å². The maximum absolute atomic E-state index is 12.1. The van der Waals surface area contributed by atoms with Crippen LogP contribution in [0.25, 0.3) is 0 Å². The van der Waals surface area contributed by atoms with Gasteiger partial charge in [-0.3, -0.25) is 0 Å². The molecule has 0 aromatic heterocycles. The van der Waals surface area contributed by atoms with Gasteiger partial charge in [-0.2, -0.15) is 0 Å². The lowest BCUT2D eigenvalue weighted by Gasteiger charge is -2.21. The highest BCUT2D eigenvalue weighted by molar-refractivity contribution is 5.37. The largest absolute Gasteiger partial charge is 0.399 e. The Morgan fingerprint density at radius 2 is 1.72 bits per heavy atom. The number of aliphatic hydroxyl groups is 1. The molecule has 1 aliphatic rings. The molecule has 1 saturated heterocycles. The van der Waals surface area contributed by atoms with E-state index >= 15 is 0 Å². The zero-order valence-electron chi connectivity index (χ0n) is 10.3. The fraction of sp³-hybridized carbons (Fsp3) is 0.538. The molecule has 1 fully saturated rings. The zero-order chi connectivity index (χ0) is 13.4. The monoisotopic (exact) mass is 258 g/mol. The van der Waals surface area contributed by atoms with Crippen molar-refractivity contribution < 1.29 is 13.9 Å². The number of hydrogen-bond donors (Lipinski definition) is 3. The van der Waals surface area contributed by atoms with E-state index in [1.807, 2.05) is 0 Å². The Morgan fingerprint density at radius 1 is 1.17 bits per heavy atom. The van der Waals surface area contributed by atoms with Gasteiger partial charge in [0.1, 0.15) is 11.6 Å². The minimum absolute atomic E-state index is 0.104. The molecule has 0 aliphatic carbocycles. The Kier molecular flexibility index (Phi) is 6.60. The molecule has 0 radical (unpaired) electrons. The van der Waals surface area contributed by atoms with Gasteiger partial charge >= 0.3 is 0 Å². The molecule has 0 saturated carbocycles. The molecule has 0 unspecified atom stereocenters. The Balaban J connectivity index is 0.000000180. The molecule has 1 heterocycles. The van der Waals surface area contributed by atoms with Gasteiger partial charge in [0, 0.05) is 18.4 Å². The van der Waals surface area contributed by atoms with Crippen molar-refractivity contribution in [2.45, 2.75) is 19.3 Å². The fourth-order valence-electron chi connectivity index (χ4n) is 1.93. The van der Waals surface area contributed by atoms with Crippen molar-refractivity contribution in [3.63, 3.8) is 0 Å². The van der Waals surface area contributed by atoms with Crippen LogP contribution in [0.2, 0.25) is 0 Å². The molecule has 0 spiro atoms. The van der Waals surface area contributed by atoms with Gasteiger partial charge in [-0.15, -0.1) is 0 Å². The molecule has 1 aromatic carbocycles. The maximum Gasteiger partial charge on any atom is 0.128 e. The number of rotatable bonds is 2. The van der Waals surface area contributed by atoms with Crippen molar-refractivity contribution in [3.8, 4) is 0 Å². The molecule has 18 heavy (non-hydrogen) atoms. The fourth-order valence-corrected chi connectivity index (χ4v) is 1.93. The molecule has 0 bridgehead atoms. The summed E-state index contributed by atoms with van der Waals surface area (Å²) in [5.41, 5.74) is 5.18. The lowest BCUT2D eigenvalue weighted by Crippen LogP contribution is -2.28. The number of hydrogen-bond acceptors (Lipinski definition) is 3. The Bertz CT molecular complexity index is 302. The molecule has 2 rings (SSSR count). The second kappa shape index (κ2) is 8.00. The Hall–Kier alpha value is -1.20. The summed E-state index contributed by atoms with van der Waals surface area (Å²) in [4.78, 5) is 0. The second-order valence-electron chi connectivity index (χ2n) is 4.41. The molecule has 1 aromatic rings. The number of nitrogen functional groups attached to an aromatic ring is 1. The molecule has 3 nitrogen and oxygen atoms in total. The lowest BCUT2D eigenvalue weighted by molar-refractivity contribution is 0.235. The van der Waals surface area contributed by atoms with E-state index in [1.54, 1.807) is 0 Å². The van der Waals surface area contributed by atoms with Gasteiger partial charge in [-0.1, -0.05) is 0 Å². The van der Waals surface area contributed by atoms with E-state index in [0.29, 0.717) is 6.61 Å². The minimum Gasteiger partial charge on any atom is -0.399 e. The third kappa shape index (κ3) is 5.93. The van der Waals surface area contributed by atoms with Gasteiger partial charge in [-0.05, 0) is 50.4 Å². The van der Waals surface area contributed by atoms with Crippen LogP contribution in [0.3, 0.4) is 0 Å². The zero-order valence-corrected chi connectivity index (χ0v) is 10.3. The Morgan fingerprint density at radius 3 is 2.17 bits per heavy atom. The van der Waals surface area contributed by atoms with E-state index in [2.05, 4.69) is 5.32 Å². The van der Waals surface area contributed by atoms with Crippen LogP contribution in [0.1, 0.15) is 19.3 Å². The summed E-state index contributed by atoms with van der Waals surface area (Å²) in [6.45, 7) is 2.65. The van der Waals surface area contributed by atoms with Gasteiger partial charge < -0.3 is 16.2 Å². The van der Waals surface area contributed by atoms with Crippen LogP contribution >= 0.6 is 0 Å². The summed E-state index contributed by atoms with van der Waals surface area (Å²) in [7, 11) is 0. The molecule has 0 amide bonds. The van der Waals surface area contributed by atoms with Crippen LogP contribution in [0.15, 0.2) is 18.2 Å². The van der Waals surface area contributed by atoms with Gasteiger partial charge in [0.05, 0.1) is 0 Å². The van der Waals surface area contributed by atoms with E-state index in [4.69, 9.17) is 10.8 Å². The van der Waals surface area contributed by atoms with Crippen molar-refractivity contribution in [1.29, 1.82) is 0 Å². The first kappa shape index (κ1) is 14.9. The lowest BCUT2D eigenvalue weighted by atomic mass is 9.95. The number of nitrogens with one attached hydrogen (secondary N) is 1. The molecule has 5 heteroatoms. The highest BCUT2D eigenvalue weighted by atomic mass is 19.1. The van der Waals surface area contributed by atoms with Crippen LogP contribution in [0, 0.1) is 17.6 Å². The first-order valence-corrected chi connectivity index (χ1v) is 6.15. The third-order valence-electron chi connectivity index (χ3n) is 2.88. The smallest absolute Gasteiger partial charge is 0.128 e. The summed E-state index contributed by atoms with van der Waals surface area (Å²) < 4.78 is 24.2. The molecular weight excluding hydrogens is 238 g/mol. The number of benzene rings is 1. The van der Waals surface area contributed by atoms with Crippen LogP contribution < -0.4 is 11.1 Å². The quantitative estimate of drug-likeness (QED) is 0.710.